The van der Waals surface area contributed by atoms with E-state index in [0.29, 0.717) is 5.92 Å². The molecule has 2 unspecified atom stereocenters. The molecule has 3 rings (SSSR count). The van der Waals surface area contributed by atoms with Crippen LogP contribution in [0.4, 0.5) is 5.69 Å². The zero-order valence-corrected chi connectivity index (χ0v) is 13.5. The minimum atomic E-state index is 0.0753. The van der Waals surface area contributed by atoms with E-state index in [2.05, 4.69) is 5.32 Å². The fourth-order valence-corrected chi connectivity index (χ4v) is 3.10. The molecule has 1 aliphatic carbocycles. The van der Waals surface area contributed by atoms with Crippen molar-refractivity contribution in [2.45, 2.75) is 17.2 Å². The summed E-state index contributed by atoms with van der Waals surface area (Å²) in [6.07, 6.45) is 2.95. The first-order valence-corrected chi connectivity index (χ1v) is 8.52. The summed E-state index contributed by atoms with van der Waals surface area (Å²) in [5.41, 5.74) is 2.08. The Bertz CT molecular complexity index is 669. The highest BCUT2D eigenvalue weighted by Crippen LogP contribution is 2.48. The maximum Gasteiger partial charge on any atom is 0.228 e. The molecule has 22 heavy (non-hydrogen) atoms. The van der Waals surface area contributed by atoms with E-state index in [-0.39, 0.29) is 11.8 Å². The number of ether oxygens (including phenoxy) is 1. The largest absolute Gasteiger partial charge is 0.497 e. The van der Waals surface area contributed by atoms with Gasteiger partial charge in [0, 0.05) is 16.5 Å². The molecular formula is C18H19NO2S. The Morgan fingerprint density at radius 2 is 2.00 bits per heavy atom. The van der Waals surface area contributed by atoms with Gasteiger partial charge in [0.2, 0.25) is 5.91 Å². The van der Waals surface area contributed by atoms with Crippen LogP contribution in [0.3, 0.4) is 0 Å². The van der Waals surface area contributed by atoms with Gasteiger partial charge in [-0.1, -0.05) is 18.2 Å². The maximum absolute atomic E-state index is 12.3. The van der Waals surface area contributed by atoms with Gasteiger partial charge in [-0.3, -0.25) is 4.79 Å². The second-order valence-electron chi connectivity index (χ2n) is 5.44. The normalized spacial score (nSPS) is 19.5. The molecule has 0 heterocycles. The van der Waals surface area contributed by atoms with Crippen molar-refractivity contribution in [1.29, 1.82) is 0 Å². The molecule has 2 aromatic rings. The first kappa shape index (κ1) is 15.0. The molecule has 0 bridgehead atoms. The number of hydrogen-bond acceptors (Lipinski definition) is 3. The van der Waals surface area contributed by atoms with Gasteiger partial charge in [0.1, 0.15) is 5.75 Å². The van der Waals surface area contributed by atoms with Gasteiger partial charge < -0.3 is 10.1 Å². The second-order valence-corrected chi connectivity index (χ2v) is 6.32. The molecule has 114 valence electrons. The van der Waals surface area contributed by atoms with Gasteiger partial charge in [-0.15, -0.1) is 11.8 Å². The Morgan fingerprint density at radius 1 is 1.23 bits per heavy atom. The summed E-state index contributed by atoms with van der Waals surface area (Å²) >= 11 is 1.67. The third kappa shape index (κ3) is 3.28. The molecule has 2 aromatic carbocycles. The number of methoxy groups -OCH3 is 1. The van der Waals surface area contributed by atoms with Crippen molar-refractivity contribution in [2.24, 2.45) is 5.92 Å². The van der Waals surface area contributed by atoms with E-state index in [0.717, 1.165) is 22.8 Å². The van der Waals surface area contributed by atoms with Gasteiger partial charge >= 0.3 is 0 Å². The number of anilines is 1. The van der Waals surface area contributed by atoms with Gasteiger partial charge in [0.05, 0.1) is 7.11 Å². The van der Waals surface area contributed by atoms with Crippen molar-refractivity contribution in [3.63, 3.8) is 0 Å². The fraction of sp³-hybridized carbons (Fsp3) is 0.278. The van der Waals surface area contributed by atoms with E-state index in [9.17, 15) is 4.79 Å². The Labute approximate surface area is 135 Å². The Hall–Kier alpha value is -1.94. The second kappa shape index (κ2) is 6.44. The minimum absolute atomic E-state index is 0.0753. The highest BCUT2D eigenvalue weighted by molar-refractivity contribution is 7.98. The van der Waals surface area contributed by atoms with E-state index in [1.807, 2.05) is 54.8 Å². The van der Waals surface area contributed by atoms with Crippen LogP contribution in [0.25, 0.3) is 0 Å². The van der Waals surface area contributed by atoms with Crippen molar-refractivity contribution in [1.82, 2.24) is 0 Å². The van der Waals surface area contributed by atoms with Crippen molar-refractivity contribution < 1.29 is 9.53 Å². The van der Waals surface area contributed by atoms with Crippen molar-refractivity contribution >= 4 is 23.4 Å². The first-order valence-electron chi connectivity index (χ1n) is 7.30. The molecule has 1 fully saturated rings. The average Bonchev–Trinajstić information content (AvgIpc) is 3.36. The number of nitrogens with one attached hydrogen (secondary N) is 1. The lowest BCUT2D eigenvalue weighted by Gasteiger charge is -2.07. The topological polar surface area (TPSA) is 38.3 Å². The summed E-state index contributed by atoms with van der Waals surface area (Å²) in [7, 11) is 1.66. The Kier molecular flexibility index (Phi) is 4.39. The quantitative estimate of drug-likeness (QED) is 0.842. The highest BCUT2D eigenvalue weighted by Gasteiger charge is 2.43. The van der Waals surface area contributed by atoms with E-state index >= 15 is 0 Å². The lowest BCUT2D eigenvalue weighted by molar-refractivity contribution is -0.117. The Balaban J connectivity index is 1.62. The van der Waals surface area contributed by atoms with Gasteiger partial charge in [-0.2, -0.15) is 0 Å². The molecule has 0 aromatic heterocycles. The number of amides is 1. The number of benzene rings is 2. The van der Waals surface area contributed by atoms with Gasteiger partial charge in [-0.05, 0) is 54.5 Å². The van der Waals surface area contributed by atoms with E-state index in [4.69, 9.17) is 4.74 Å². The lowest BCUT2D eigenvalue weighted by atomic mass is 10.1. The zero-order chi connectivity index (χ0) is 15.5. The maximum atomic E-state index is 12.3. The molecule has 0 saturated heterocycles. The number of thioether (sulfide) groups is 1. The van der Waals surface area contributed by atoms with E-state index in [1.165, 1.54) is 5.56 Å². The lowest BCUT2D eigenvalue weighted by Crippen LogP contribution is -2.14. The predicted octanol–water partition coefficient (Wildman–Crippen LogP) is 4.16. The van der Waals surface area contributed by atoms with Gasteiger partial charge in [0.25, 0.3) is 0 Å². The van der Waals surface area contributed by atoms with Crippen molar-refractivity contribution in [3.05, 3.63) is 54.1 Å². The zero-order valence-electron chi connectivity index (χ0n) is 12.7. The molecule has 1 saturated carbocycles. The van der Waals surface area contributed by atoms with Crippen LogP contribution >= 0.6 is 11.8 Å². The van der Waals surface area contributed by atoms with Crippen LogP contribution in [0.5, 0.6) is 5.75 Å². The molecule has 0 aliphatic heterocycles. The summed E-state index contributed by atoms with van der Waals surface area (Å²) < 4.78 is 5.16. The third-order valence-electron chi connectivity index (χ3n) is 4.01. The number of hydrogen-bond donors (Lipinski definition) is 1. The predicted molar refractivity (Wildman–Crippen MR) is 90.7 cm³/mol. The standard InChI is InChI=1S/C18H19NO2S/c1-21-14-8-6-12(7-9-14)16-11-17(16)18(20)19-13-4-3-5-15(10-13)22-2/h3-10,16-17H,11H2,1-2H3,(H,19,20). The molecule has 2 atom stereocenters. The third-order valence-corrected chi connectivity index (χ3v) is 4.73. The molecule has 0 radical (unpaired) electrons. The molecular weight excluding hydrogens is 294 g/mol. The molecule has 4 heteroatoms. The molecule has 0 spiro atoms. The van der Waals surface area contributed by atoms with Crippen LogP contribution in [0.2, 0.25) is 0 Å². The highest BCUT2D eigenvalue weighted by atomic mass is 32.2. The van der Waals surface area contributed by atoms with Crippen LogP contribution < -0.4 is 10.1 Å². The number of carbonyl (C=O) groups excluding carboxylic acids is 1. The fourth-order valence-electron chi connectivity index (χ4n) is 2.64. The summed E-state index contributed by atoms with van der Waals surface area (Å²) in [6, 6.07) is 15.9. The monoisotopic (exact) mass is 313 g/mol. The van der Waals surface area contributed by atoms with E-state index < -0.39 is 0 Å². The molecule has 1 N–H and O–H groups in total. The summed E-state index contributed by atoms with van der Waals surface area (Å²) in [5, 5.41) is 3.02. The summed E-state index contributed by atoms with van der Waals surface area (Å²) in [5.74, 6) is 1.36. The first-order chi connectivity index (χ1) is 10.7. The van der Waals surface area contributed by atoms with Crippen LogP contribution in [0.15, 0.2) is 53.4 Å². The van der Waals surface area contributed by atoms with Crippen LogP contribution in [0, 0.1) is 5.92 Å². The Morgan fingerprint density at radius 3 is 2.68 bits per heavy atom. The van der Waals surface area contributed by atoms with Crippen LogP contribution in [-0.4, -0.2) is 19.3 Å². The van der Waals surface area contributed by atoms with Crippen molar-refractivity contribution in [2.75, 3.05) is 18.7 Å². The van der Waals surface area contributed by atoms with Crippen LogP contribution in [0.1, 0.15) is 17.9 Å². The summed E-state index contributed by atoms with van der Waals surface area (Å²) in [4.78, 5) is 13.5. The van der Waals surface area contributed by atoms with Gasteiger partial charge in [0.15, 0.2) is 0 Å². The van der Waals surface area contributed by atoms with E-state index in [1.54, 1.807) is 18.9 Å². The number of carbonyl (C=O) groups is 1. The molecule has 1 amide bonds. The SMILES string of the molecule is COc1ccc(C2CC2C(=O)Nc2cccc(SC)c2)cc1. The van der Waals surface area contributed by atoms with Gasteiger partial charge in [-0.25, -0.2) is 0 Å². The molecule has 3 nitrogen and oxygen atoms in total. The summed E-state index contributed by atoms with van der Waals surface area (Å²) in [6.45, 7) is 0. The number of rotatable bonds is 5. The minimum Gasteiger partial charge on any atom is -0.497 e. The molecule has 1 aliphatic rings. The average molecular weight is 313 g/mol. The van der Waals surface area contributed by atoms with Crippen LogP contribution in [-0.2, 0) is 4.79 Å². The van der Waals surface area contributed by atoms with Crippen molar-refractivity contribution in [3.8, 4) is 5.75 Å². The smallest absolute Gasteiger partial charge is 0.228 e.